The van der Waals surface area contributed by atoms with Gasteiger partial charge in [-0.2, -0.15) is 5.10 Å². The zero-order valence-electron chi connectivity index (χ0n) is 10.4. The maximum absolute atomic E-state index is 12.7. The molecule has 0 spiro atoms. The van der Waals surface area contributed by atoms with E-state index < -0.39 is 0 Å². The molecule has 0 radical (unpaired) electrons. The third-order valence-corrected chi connectivity index (χ3v) is 3.00. The second-order valence-electron chi connectivity index (χ2n) is 4.27. The van der Waals surface area contributed by atoms with E-state index in [0.29, 0.717) is 11.7 Å². The fourth-order valence-corrected chi connectivity index (χ4v) is 1.90. The van der Waals surface area contributed by atoms with E-state index in [2.05, 4.69) is 15.8 Å². The number of hydrogen-bond acceptors (Lipinski definition) is 3. The number of benzene rings is 1. The van der Waals surface area contributed by atoms with Crippen LogP contribution in [0.5, 0.6) is 0 Å². The molecule has 0 bridgehead atoms. The van der Waals surface area contributed by atoms with Gasteiger partial charge in [-0.25, -0.2) is 4.39 Å². The maximum atomic E-state index is 12.7. The van der Waals surface area contributed by atoms with Crippen LogP contribution in [-0.4, -0.2) is 30.6 Å². The molecule has 1 aromatic rings. The van der Waals surface area contributed by atoms with Crippen LogP contribution in [0, 0.1) is 5.82 Å². The van der Waals surface area contributed by atoms with Crippen LogP contribution in [-0.2, 0) is 4.74 Å². The molecule has 4 nitrogen and oxygen atoms in total. The van der Waals surface area contributed by atoms with E-state index in [9.17, 15) is 4.39 Å². The van der Waals surface area contributed by atoms with Crippen molar-refractivity contribution in [2.24, 2.45) is 5.10 Å². The van der Waals surface area contributed by atoms with E-state index >= 15 is 0 Å². The lowest BCUT2D eigenvalue weighted by atomic mass is 10.2. The van der Waals surface area contributed by atoms with Crippen molar-refractivity contribution in [3.63, 3.8) is 0 Å². The highest BCUT2D eigenvalue weighted by atomic mass is 32.1. The van der Waals surface area contributed by atoms with Gasteiger partial charge in [0, 0.05) is 13.2 Å². The van der Waals surface area contributed by atoms with Gasteiger partial charge in [-0.3, -0.25) is 5.43 Å². The second-order valence-corrected chi connectivity index (χ2v) is 4.67. The molecular weight excluding hydrogens is 265 g/mol. The molecule has 102 valence electrons. The highest BCUT2D eigenvalue weighted by molar-refractivity contribution is 7.80. The highest BCUT2D eigenvalue weighted by Crippen LogP contribution is 2.10. The average molecular weight is 281 g/mol. The van der Waals surface area contributed by atoms with Crippen molar-refractivity contribution < 1.29 is 9.13 Å². The predicted molar refractivity (Wildman–Crippen MR) is 76.7 cm³/mol. The molecule has 19 heavy (non-hydrogen) atoms. The van der Waals surface area contributed by atoms with Crippen molar-refractivity contribution in [1.29, 1.82) is 0 Å². The number of ether oxygens (including phenoxy) is 1. The summed E-state index contributed by atoms with van der Waals surface area (Å²) in [6, 6.07) is 6.05. The number of hydrazone groups is 1. The Morgan fingerprint density at radius 2 is 2.26 bits per heavy atom. The molecule has 1 saturated heterocycles. The van der Waals surface area contributed by atoms with E-state index in [1.54, 1.807) is 18.3 Å². The van der Waals surface area contributed by atoms with E-state index in [4.69, 9.17) is 17.0 Å². The molecule has 0 aromatic heterocycles. The topological polar surface area (TPSA) is 45.7 Å². The summed E-state index contributed by atoms with van der Waals surface area (Å²) in [5.41, 5.74) is 3.51. The third kappa shape index (κ3) is 4.92. The summed E-state index contributed by atoms with van der Waals surface area (Å²) in [6.07, 6.45) is 3.99. The Kier molecular flexibility index (Phi) is 5.23. The van der Waals surface area contributed by atoms with Gasteiger partial charge >= 0.3 is 0 Å². The van der Waals surface area contributed by atoms with Crippen LogP contribution in [0.25, 0.3) is 0 Å². The fourth-order valence-electron chi connectivity index (χ4n) is 1.77. The average Bonchev–Trinajstić information content (AvgIpc) is 2.92. The van der Waals surface area contributed by atoms with Gasteiger partial charge in [0.25, 0.3) is 0 Å². The summed E-state index contributed by atoms with van der Waals surface area (Å²) in [7, 11) is 0. The molecule has 0 amide bonds. The summed E-state index contributed by atoms with van der Waals surface area (Å²) in [6.45, 7) is 1.52. The lowest BCUT2D eigenvalue weighted by Gasteiger charge is -2.11. The van der Waals surface area contributed by atoms with E-state index in [1.807, 2.05) is 0 Å². The van der Waals surface area contributed by atoms with Crippen molar-refractivity contribution in [2.45, 2.75) is 18.9 Å². The van der Waals surface area contributed by atoms with Gasteiger partial charge in [-0.1, -0.05) is 12.1 Å². The molecule has 1 atom stereocenters. The van der Waals surface area contributed by atoms with Crippen LogP contribution < -0.4 is 10.7 Å². The van der Waals surface area contributed by atoms with Crippen LogP contribution in [0.4, 0.5) is 4.39 Å². The van der Waals surface area contributed by atoms with Crippen LogP contribution in [0.2, 0.25) is 0 Å². The van der Waals surface area contributed by atoms with Crippen molar-refractivity contribution in [3.8, 4) is 0 Å². The molecule has 2 rings (SSSR count). The maximum Gasteiger partial charge on any atom is 0.187 e. The van der Waals surface area contributed by atoms with Gasteiger partial charge in [0.05, 0.1) is 12.3 Å². The van der Waals surface area contributed by atoms with Crippen LogP contribution >= 0.6 is 12.2 Å². The third-order valence-electron chi connectivity index (χ3n) is 2.76. The van der Waals surface area contributed by atoms with Gasteiger partial charge in [0.2, 0.25) is 0 Å². The molecule has 1 heterocycles. The van der Waals surface area contributed by atoms with Crippen molar-refractivity contribution in [1.82, 2.24) is 10.7 Å². The molecule has 2 N–H and O–H groups in total. The number of hydrogen-bond donors (Lipinski definition) is 2. The Labute approximate surface area is 117 Å². The number of thiocarbonyl (C=S) groups is 1. The number of nitrogens with one attached hydrogen (secondary N) is 2. The summed E-state index contributed by atoms with van der Waals surface area (Å²) in [5.74, 6) is -0.265. The summed E-state index contributed by atoms with van der Waals surface area (Å²) in [5, 5.41) is 7.47. The van der Waals surface area contributed by atoms with Gasteiger partial charge in [-0.05, 0) is 42.8 Å². The zero-order chi connectivity index (χ0) is 13.5. The first-order valence-electron chi connectivity index (χ1n) is 6.18. The van der Waals surface area contributed by atoms with Crippen molar-refractivity contribution in [2.75, 3.05) is 13.2 Å². The quantitative estimate of drug-likeness (QED) is 0.502. The highest BCUT2D eigenvalue weighted by Gasteiger charge is 2.14. The number of rotatable bonds is 4. The first-order valence-corrected chi connectivity index (χ1v) is 6.59. The minimum Gasteiger partial charge on any atom is -0.376 e. The van der Waals surface area contributed by atoms with Gasteiger partial charge in [-0.15, -0.1) is 0 Å². The Morgan fingerprint density at radius 1 is 1.47 bits per heavy atom. The largest absolute Gasteiger partial charge is 0.376 e. The Morgan fingerprint density at radius 3 is 2.95 bits per heavy atom. The molecule has 6 heteroatoms. The smallest absolute Gasteiger partial charge is 0.187 e. The first kappa shape index (κ1) is 13.9. The second kappa shape index (κ2) is 7.16. The van der Waals surface area contributed by atoms with E-state index in [-0.39, 0.29) is 11.9 Å². The SMILES string of the molecule is Fc1ccc(/C=N\NC(=S)NC[C@H]2CCCO2)cc1. The minimum absolute atomic E-state index is 0.237. The van der Waals surface area contributed by atoms with E-state index in [0.717, 1.165) is 25.0 Å². The number of halogens is 1. The summed E-state index contributed by atoms with van der Waals surface area (Å²) >= 11 is 5.07. The molecule has 1 aliphatic heterocycles. The van der Waals surface area contributed by atoms with E-state index in [1.165, 1.54) is 12.1 Å². The molecule has 0 aliphatic carbocycles. The van der Waals surface area contributed by atoms with Crippen LogP contribution in [0.15, 0.2) is 29.4 Å². The molecule has 0 unspecified atom stereocenters. The lowest BCUT2D eigenvalue weighted by Crippen LogP contribution is -2.37. The van der Waals surface area contributed by atoms with Gasteiger partial charge in [0.15, 0.2) is 5.11 Å². The number of nitrogens with zero attached hydrogens (tertiary/aromatic N) is 1. The lowest BCUT2D eigenvalue weighted by molar-refractivity contribution is 0.114. The Hall–Kier alpha value is -1.53. The molecular formula is C13H16FN3OS. The monoisotopic (exact) mass is 281 g/mol. The molecule has 0 saturated carbocycles. The van der Waals surface area contributed by atoms with Crippen molar-refractivity contribution in [3.05, 3.63) is 35.6 Å². The normalized spacial score (nSPS) is 18.7. The molecule has 1 aliphatic rings. The molecule has 1 aromatic carbocycles. The van der Waals surface area contributed by atoms with Gasteiger partial charge in [0.1, 0.15) is 5.82 Å². The molecule has 1 fully saturated rings. The van der Waals surface area contributed by atoms with Gasteiger partial charge < -0.3 is 10.1 Å². The minimum atomic E-state index is -0.265. The predicted octanol–water partition coefficient (Wildman–Crippen LogP) is 1.80. The standard InChI is InChI=1S/C13H16FN3OS/c14-11-5-3-10(4-6-11)8-16-17-13(19)15-9-12-2-1-7-18-12/h3-6,8,12H,1-2,7,9H2,(H2,15,17,19)/b16-8-/t12-/m1/s1. The summed E-state index contributed by atoms with van der Waals surface area (Å²) < 4.78 is 18.1. The van der Waals surface area contributed by atoms with Crippen molar-refractivity contribution >= 4 is 23.5 Å². The Bertz CT molecular complexity index is 444. The summed E-state index contributed by atoms with van der Waals surface area (Å²) in [4.78, 5) is 0. The zero-order valence-corrected chi connectivity index (χ0v) is 11.3. The fraction of sp³-hybridized carbons (Fsp3) is 0.385. The van der Waals surface area contributed by atoms with Crippen LogP contribution in [0.3, 0.4) is 0 Å². The Balaban J connectivity index is 1.69. The first-order chi connectivity index (χ1) is 9.24. The van der Waals surface area contributed by atoms with Crippen LogP contribution in [0.1, 0.15) is 18.4 Å².